The molecule has 0 unspecified atom stereocenters. The molecule has 0 saturated carbocycles. The first-order chi connectivity index (χ1) is 10.2. The van der Waals surface area contributed by atoms with E-state index in [0.29, 0.717) is 30.8 Å². The van der Waals surface area contributed by atoms with Crippen LogP contribution in [-0.4, -0.2) is 24.1 Å². The third-order valence-corrected chi connectivity index (χ3v) is 3.36. The second-order valence-corrected chi connectivity index (χ2v) is 4.77. The fourth-order valence-corrected chi connectivity index (χ4v) is 2.35. The van der Waals surface area contributed by atoms with Gasteiger partial charge in [0.1, 0.15) is 5.75 Å². The summed E-state index contributed by atoms with van der Waals surface area (Å²) in [5, 5.41) is 9.59. The lowest BCUT2D eigenvalue weighted by Gasteiger charge is -2.22. The van der Waals surface area contributed by atoms with E-state index >= 15 is 0 Å². The van der Waals surface area contributed by atoms with Gasteiger partial charge in [-0.1, -0.05) is 24.3 Å². The maximum absolute atomic E-state index is 12.8. The summed E-state index contributed by atoms with van der Waals surface area (Å²) in [6.07, 6.45) is 0.666. The molecule has 3 N–H and O–H groups in total. The monoisotopic (exact) mass is 284 g/mol. The Bertz CT molecular complexity index is 626. The van der Waals surface area contributed by atoms with Gasteiger partial charge in [-0.3, -0.25) is 4.79 Å². The number of hydrogen-bond donors (Lipinski definition) is 2. The van der Waals surface area contributed by atoms with Gasteiger partial charge in [-0.2, -0.15) is 0 Å². The van der Waals surface area contributed by atoms with Crippen LogP contribution in [0, 0.1) is 0 Å². The minimum atomic E-state index is -0.0767. The van der Waals surface area contributed by atoms with Crippen molar-refractivity contribution in [2.75, 3.05) is 18.0 Å². The largest absolute Gasteiger partial charge is 0.508 e. The molecule has 0 aliphatic carbocycles. The van der Waals surface area contributed by atoms with Gasteiger partial charge in [0.2, 0.25) is 0 Å². The van der Waals surface area contributed by atoms with Crippen molar-refractivity contribution >= 4 is 11.6 Å². The molecule has 2 rings (SSSR count). The number of rotatable bonds is 5. The van der Waals surface area contributed by atoms with Crippen molar-refractivity contribution in [1.29, 1.82) is 0 Å². The lowest BCUT2D eigenvalue weighted by atomic mass is 10.0. The first-order valence-corrected chi connectivity index (χ1v) is 7.06. The van der Waals surface area contributed by atoms with Crippen molar-refractivity contribution in [3.63, 3.8) is 0 Å². The molecule has 21 heavy (non-hydrogen) atoms. The number of aromatic hydroxyl groups is 1. The van der Waals surface area contributed by atoms with Crippen LogP contribution in [-0.2, 0) is 6.42 Å². The highest BCUT2D eigenvalue weighted by atomic mass is 16.3. The van der Waals surface area contributed by atoms with E-state index in [-0.39, 0.29) is 11.7 Å². The number of benzene rings is 2. The van der Waals surface area contributed by atoms with Crippen LogP contribution in [0.4, 0.5) is 5.69 Å². The van der Waals surface area contributed by atoms with Gasteiger partial charge >= 0.3 is 0 Å². The number of carbonyl (C=O) groups is 1. The molecule has 1 amide bonds. The van der Waals surface area contributed by atoms with E-state index in [1.807, 2.05) is 37.3 Å². The summed E-state index contributed by atoms with van der Waals surface area (Å²) >= 11 is 0. The number of nitrogens with two attached hydrogens (primary N) is 1. The van der Waals surface area contributed by atoms with Gasteiger partial charge in [-0.15, -0.1) is 0 Å². The quantitative estimate of drug-likeness (QED) is 0.886. The molecule has 2 aromatic carbocycles. The predicted molar refractivity (Wildman–Crippen MR) is 84.7 cm³/mol. The number of carbonyl (C=O) groups excluding carboxylic acids is 1. The number of hydrogen-bond acceptors (Lipinski definition) is 3. The summed E-state index contributed by atoms with van der Waals surface area (Å²) in [5.41, 5.74) is 7.90. The van der Waals surface area contributed by atoms with E-state index in [4.69, 9.17) is 5.73 Å². The average Bonchev–Trinajstić information content (AvgIpc) is 2.49. The Balaban J connectivity index is 2.37. The molecular weight excluding hydrogens is 264 g/mol. The Hall–Kier alpha value is -2.33. The summed E-state index contributed by atoms with van der Waals surface area (Å²) in [4.78, 5) is 14.4. The Labute approximate surface area is 124 Å². The molecule has 0 fully saturated rings. The van der Waals surface area contributed by atoms with Crippen molar-refractivity contribution in [3.05, 3.63) is 59.7 Å². The minimum Gasteiger partial charge on any atom is -0.508 e. The fourth-order valence-electron chi connectivity index (χ4n) is 2.35. The minimum absolute atomic E-state index is 0.0767. The first-order valence-electron chi connectivity index (χ1n) is 7.06. The van der Waals surface area contributed by atoms with E-state index in [9.17, 15) is 9.90 Å². The zero-order valence-electron chi connectivity index (χ0n) is 12.1. The maximum atomic E-state index is 12.8. The maximum Gasteiger partial charge on any atom is 0.258 e. The van der Waals surface area contributed by atoms with Crippen molar-refractivity contribution in [3.8, 4) is 5.75 Å². The Morgan fingerprint density at radius 1 is 1.19 bits per heavy atom. The molecule has 4 nitrogen and oxygen atoms in total. The second kappa shape index (κ2) is 6.90. The molecule has 0 saturated heterocycles. The molecular formula is C17H20N2O2. The molecule has 0 atom stereocenters. The van der Waals surface area contributed by atoms with Crippen LogP contribution in [0.15, 0.2) is 48.5 Å². The van der Waals surface area contributed by atoms with E-state index in [2.05, 4.69) is 0 Å². The highest BCUT2D eigenvalue weighted by Crippen LogP contribution is 2.23. The molecule has 4 heteroatoms. The Morgan fingerprint density at radius 3 is 2.62 bits per heavy atom. The van der Waals surface area contributed by atoms with Crippen LogP contribution in [0.3, 0.4) is 0 Å². The fraction of sp³-hybridized carbons (Fsp3) is 0.235. The van der Waals surface area contributed by atoms with E-state index in [1.165, 1.54) is 0 Å². The summed E-state index contributed by atoms with van der Waals surface area (Å²) in [7, 11) is 0. The molecule has 2 aromatic rings. The van der Waals surface area contributed by atoms with Gasteiger partial charge in [-0.05, 0) is 43.7 Å². The van der Waals surface area contributed by atoms with E-state index < -0.39 is 0 Å². The summed E-state index contributed by atoms with van der Waals surface area (Å²) in [6.45, 7) is 2.94. The zero-order chi connectivity index (χ0) is 15.2. The molecule has 0 spiro atoms. The van der Waals surface area contributed by atoms with Gasteiger partial charge < -0.3 is 15.7 Å². The van der Waals surface area contributed by atoms with Crippen LogP contribution in [0.25, 0.3) is 0 Å². The molecule has 0 radical (unpaired) electrons. The smallest absolute Gasteiger partial charge is 0.258 e. The number of phenolic OH excluding ortho intramolecular Hbond substituents is 1. The first kappa shape index (κ1) is 15.1. The van der Waals surface area contributed by atoms with Gasteiger partial charge in [0.25, 0.3) is 5.91 Å². The predicted octanol–water partition coefficient (Wildman–Crippen LogP) is 2.56. The molecule has 0 heterocycles. The summed E-state index contributed by atoms with van der Waals surface area (Å²) in [5.74, 6) is 0.0705. The highest BCUT2D eigenvalue weighted by molar-refractivity contribution is 6.07. The number of amides is 1. The van der Waals surface area contributed by atoms with E-state index in [0.717, 1.165) is 5.56 Å². The van der Waals surface area contributed by atoms with Crippen molar-refractivity contribution in [1.82, 2.24) is 0 Å². The highest BCUT2D eigenvalue weighted by Gasteiger charge is 2.18. The van der Waals surface area contributed by atoms with Gasteiger partial charge in [-0.25, -0.2) is 0 Å². The van der Waals surface area contributed by atoms with E-state index in [1.54, 1.807) is 23.1 Å². The van der Waals surface area contributed by atoms with Gasteiger partial charge in [0, 0.05) is 23.9 Å². The second-order valence-electron chi connectivity index (χ2n) is 4.77. The molecule has 0 aromatic heterocycles. The van der Waals surface area contributed by atoms with Crippen LogP contribution in [0.5, 0.6) is 5.75 Å². The number of anilines is 1. The van der Waals surface area contributed by atoms with Crippen LogP contribution in [0.1, 0.15) is 22.8 Å². The van der Waals surface area contributed by atoms with Crippen LogP contribution in [0.2, 0.25) is 0 Å². The van der Waals surface area contributed by atoms with Crippen molar-refractivity contribution < 1.29 is 9.90 Å². The number of phenols is 1. The normalized spacial score (nSPS) is 10.4. The third kappa shape index (κ3) is 3.41. The zero-order valence-corrected chi connectivity index (χ0v) is 12.1. The SMILES string of the molecule is CCN(C(=O)c1ccccc1CCN)c1cccc(O)c1. The topological polar surface area (TPSA) is 66.6 Å². The molecule has 0 bridgehead atoms. The lowest BCUT2D eigenvalue weighted by Crippen LogP contribution is -2.31. The summed E-state index contributed by atoms with van der Waals surface area (Å²) < 4.78 is 0. The lowest BCUT2D eigenvalue weighted by molar-refractivity contribution is 0.0987. The summed E-state index contributed by atoms with van der Waals surface area (Å²) in [6, 6.07) is 14.2. The van der Waals surface area contributed by atoms with Crippen LogP contribution < -0.4 is 10.6 Å². The van der Waals surface area contributed by atoms with Gasteiger partial charge in [0.15, 0.2) is 0 Å². The molecule has 0 aliphatic rings. The third-order valence-electron chi connectivity index (χ3n) is 3.36. The van der Waals surface area contributed by atoms with Crippen LogP contribution >= 0.6 is 0 Å². The Morgan fingerprint density at radius 2 is 1.95 bits per heavy atom. The molecule has 0 aliphatic heterocycles. The van der Waals surface area contributed by atoms with Crippen molar-refractivity contribution in [2.24, 2.45) is 5.73 Å². The average molecular weight is 284 g/mol. The van der Waals surface area contributed by atoms with Crippen molar-refractivity contribution in [2.45, 2.75) is 13.3 Å². The Kier molecular flexibility index (Phi) is 4.95. The number of nitrogens with zero attached hydrogens (tertiary/aromatic N) is 1. The van der Waals surface area contributed by atoms with Gasteiger partial charge in [0.05, 0.1) is 0 Å². The standard InChI is InChI=1S/C17H20N2O2/c1-2-19(14-7-5-8-15(20)12-14)17(21)16-9-4-3-6-13(16)10-11-18/h3-9,12,20H,2,10-11,18H2,1H3. The molecule has 110 valence electrons.